The van der Waals surface area contributed by atoms with Gasteiger partial charge in [0.15, 0.2) is 0 Å². The molecule has 3 nitrogen and oxygen atoms in total. The molecule has 0 heterocycles. The van der Waals surface area contributed by atoms with Gasteiger partial charge in [0, 0.05) is 13.6 Å². The summed E-state index contributed by atoms with van der Waals surface area (Å²) in [5.74, 6) is 0. The highest BCUT2D eigenvalue weighted by atomic mass is 32.2. The molecule has 0 N–H and O–H groups in total. The Morgan fingerprint density at radius 1 is 1.00 bits per heavy atom. The minimum absolute atomic E-state index is 0.355. The van der Waals surface area contributed by atoms with Gasteiger partial charge in [-0.1, -0.05) is 42.5 Å². The van der Waals surface area contributed by atoms with Crippen LogP contribution in [-0.2, 0) is 16.4 Å². The summed E-state index contributed by atoms with van der Waals surface area (Å²) in [5, 5.41) is 0. The molecule has 0 aliphatic carbocycles. The molecule has 20 heavy (non-hydrogen) atoms. The van der Waals surface area contributed by atoms with Crippen molar-refractivity contribution in [1.82, 2.24) is 4.31 Å². The first-order valence-corrected chi connectivity index (χ1v) is 8.01. The quantitative estimate of drug-likeness (QED) is 0.849. The standard InChI is InChI=1S/C16H19NO2S/c1-14-7-6-10-16(13-14)20(18,19)17(2)12-11-15-8-4-3-5-9-15/h3-10,13H,11-12H2,1-2H3. The molecule has 0 saturated carbocycles. The number of likely N-dealkylation sites (N-methyl/N-ethyl adjacent to an activating group) is 1. The Bertz CT molecular complexity index is 666. The molecule has 0 unspecified atom stereocenters. The van der Waals surface area contributed by atoms with Crippen LogP contribution < -0.4 is 0 Å². The zero-order valence-corrected chi connectivity index (χ0v) is 12.6. The molecule has 0 radical (unpaired) electrons. The van der Waals surface area contributed by atoms with Crippen molar-refractivity contribution in [3.05, 3.63) is 65.7 Å². The third kappa shape index (κ3) is 3.46. The maximum absolute atomic E-state index is 12.4. The van der Waals surface area contributed by atoms with Gasteiger partial charge in [0.1, 0.15) is 0 Å². The second-order valence-electron chi connectivity index (χ2n) is 4.88. The van der Waals surface area contributed by atoms with Crippen LogP contribution in [0, 0.1) is 6.92 Å². The van der Waals surface area contributed by atoms with Gasteiger partial charge in [-0.2, -0.15) is 0 Å². The summed E-state index contributed by atoms with van der Waals surface area (Å²) in [6.45, 7) is 2.36. The number of aryl methyl sites for hydroxylation is 1. The van der Waals surface area contributed by atoms with Gasteiger partial charge >= 0.3 is 0 Å². The van der Waals surface area contributed by atoms with E-state index in [9.17, 15) is 8.42 Å². The minimum Gasteiger partial charge on any atom is -0.207 e. The molecule has 4 heteroatoms. The van der Waals surface area contributed by atoms with E-state index in [1.807, 2.05) is 43.3 Å². The topological polar surface area (TPSA) is 37.4 Å². The lowest BCUT2D eigenvalue weighted by Gasteiger charge is -2.17. The number of sulfonamides is 1. The van der Waals surface area contributed by atoms with Crippen LogP contribution in [0.15, 0.2) is 59.5 Å². The van der Waals surface area contributed by atoms with E-state index in [2.05, 4.69) is 0 Å². The van der Waals surface area contributed by atoms with E-state index in [-0.39, 0.29) is 0 Å². The Labute approximate surface area is 120 Å². The molecule has 0 aliphatic rings. The van der Waals surface area contributed by atoms with E-state index in [0.717, 1.165) is 11.1 Å². The van der Waals surface area contributed by atoms with E-state index in [4.69, 9.17) is 0 Å². The molecule has 0 bridgehead atoms. The number of hydrogen-bond donors (Lipinski definition) is 0. The van der Waals surface area contributed by atoms with Crippen LogP contribution in [0.1, 0.15) is 11.1 Å². The second kappa shape index (κ2) is 6.20. The lowest BCUT2D eigenvalue weighted by Crippen LogP contribution is -2.29. The fourth-order valence-corrected chi connectivity index (χ4v) is 3.28. The summed E-state index contributed by atoms with van der Waals surface area (Å²) in [7, 11) is -1.77. The predicted octanol–water partition coefficient (Wildman–Crippen LogP) is 2.86. The molecule has 0 aliphatic heterocycles. The monoisotopic (exact) mass is 289 g/mol. The highest BCUT2D eigenvalue weighted by Gasteiger charge is 2.20. The summed E-state index contributed by atoms with van der Waals surface area (Å²) < 4.78 is 26.3. The van der Waals surface area contributed by atoms with Crippen molar-refractivity contribution in [2.45, 2.75) is 18.2 Å². The largest absolute Gasteiger partial charge is 0.242 e. The predicted molar refractivity (Wildman–Crippen MR) is 81.1 cm³/mol. The van der Waals surface area contributed by atoms with Crippen molar-refractivity contribution in [1.29, 1.82) is 0 Å². The summed E-state index contributed by atoms with van der Waals surface area (Å²) in [4.78, 5) is 0.355. The third-order valence-corrected chi connectivity index (χ3v) is 5.11. The second-order valence-corrected chi connectivity index (χ2v) is 6.92. The van der Waals surface area contributed by atoms with Crippen LogP contribution in [0.25, 0.3) is 0 Å². The number of nitrogens with zero attached hydrogens (tertiary/aromatic N) is 1. The number of benzene rings is 2. The maximum atomic E-state index is 12.4. The summed E-state index contributed by atoms with van der Waals surface area (Å²) in [5.41, 5.74) is 2.08. The molecular formula is C16H19NO2S. The first-order valence-electron chi connectivity index (χ1n) is 6.57. The molecule has 0 aromatic heterocycles. The first-order chi connectivity index (χ1) is 9.50. The van der Waals surface area contributed by atoms with Gasteiger partial charge in [-0.25, -0.2) is 12.7 Å². The van der Waals surface area contributed by atoms with Gasteiger partial charge in [-0.3, -0.25) is 0 Å². The fourth-order valence-electron chi connectivity index (χ4n) is 2.01. The summed E-state index contributed by atoms with van der Waals surface area (Å²) >= 11 is 0. The Morgan fingerprint density at radius 2 is 1.70 bits per heavy atom. The maximum Gasteiger partial charge on any atom is 0.242 e. The molecule has 2 aromatic rings. The molecule has 0 fully saturated rings. The Hall–Kier alpha value is -1.65. The van der Waals surface area contributed by atoms with Gasteiger partial charge < -0.3 is 0 Å². The van der Waals surface area contributed by atoms with E-state index in [1.165, 1.54) is 4.31 Å². The average molecular weight is 289 g/mol. The number of rotatable bonds is 5. The number of hydrogen-bond acceptors (Lipinski definition) is 2. The molecule has 0 saturated heterocycles. The average Bonchev–Trinajstić information content (AvgIpc) is 2.45. The van der Waals surface area contributed by atoms with Gasteiger partial charge in [-0.05, 0) is 36.6 Å². The van der Waals surface area contributed by atoms with E-state index < -0.39 is 10.0 Å². The fraction of sp³-hybridized carbons (Fsp3) is 0.250. The normalized spacial score (nSPS) is 11.8. The lowest BCUT2D eigenvalue weighted by molar-refractivity contribution is 0.472. The van der Waals surface area contributed by atoms with Crippen LogP contribution in [0.2, 0.25) is 0 Å². The molecule has 0 amide bonds. The van der Waals surface area contributed by atoms with Gasteiger partial charge in [0.25, 0.3) is 0 Å². The van der Waals surface area contributed by atoms with Crippen molar-refractivity contribution in [3.8, 4) is 0 Å². The Kier molecular flexibility index (Phi) is 4.57. The van der Waals surface area contributed by atoms with Gasteiger partial charge in [0.2, 0.25) is 10.0 Å². The molecule has 106 valence electrons. The van der Waals surface area contributed by atoms with Crippen LogP contribution >= 0.6 is 0 Å². The molecule has 2 aromatic carbocycles. The molecule has 2 rings (SSSR count). The van der Waals surface area contributed by atoms with E-state index in [1.54, 1.807) is 25.2 Å². The van der Waals surface area contributed by atoms with Gasteiger partial charge in [0.05, 0.1) is 4.90 Å². The van der Waals surface area contributed by atoms with Gasteiger partial charge in [-0.15, -0.1) is 0 Å². The molecule has 0 spiro atoms. The lowest BCUT2D eigenvalue weighted by atomic mass is 10.2. The third-order valence-electron chi connectivity index (χ3n) is 3.26. The van der Waals surface area contributed by atoms with Crippen LogP contribution in [0.5, 0.6) is 0 Å². The van der Waals surface area contributed by atoms with Crippen molar-refractivity contribution < 1.29 is 8.42 Å². The smallest absolute Gasteiger partial charge is 0.207 e. The Morgan fingerprint density at radius 3 is 2.35 bits per heavy atom. The summed E-state index contributed by atoms with van der Waals surface area (Å²) in [6, 6.07) is 16.9. The first kappa shape index (κ1) is 14.8. The highest BCUT2D eigenvalue weighted by molar-refractivity contribution is 7.89. The SMILES string of the molecule is Cc1cccc(S(=O)(=O)N(C)CCc2ccccc2)c1. The summed E-state index contributed by atoms with van der Waals surface area (Å²) in [6.07, 6.45) is 0.711. The molecular weight excluding hydrogens is 270 g/mol. The van der Waals surface area contributed by atoms with Crippen LogP contribution in [0.3, 0.4) is 0 Å². The van der Waals surface area contributed by atoms with Crippen molar-refractivity contribution >= 4 is 10.0 Å². The van der Waals surface area contributed by atoms with Crippen molar-refractivity contribution in [2.24, 2.45) is 0 Å². The van der Waals surface area contributed by atoms with Crippen LogP contribution in [-0.4, -0.2) is 26.3 Å². The zero-order chi connectivity index (χ0) is 14.6. The van der Waals surface area contributed by atoms with Crippen molar-refractivity contribution in [2.75, 3.05) is 13.6 Å². The van der Waals surface area contributed by atoms with Crippen molar-refractivity contribution in [3.63, 3.8) is 0 Å². The minimum atomic E-state index is -3.40. The highest BCUT2D eigenvalue weighted by Crippen LogP contribution is 2.16. The van der Waals surface area contributed by atoms with E-state index >= 15 is 0 Å². The Balaban J connectivity index is 2.10. The molecule has 0 atom stereocenters. The van der Waals surface area contributed by atoms with Crippen LogP contribution in [0.4, 0.5) is 0 Å². The zero-order valence-electron chi connectivity index (χ0n) is 11.8. The van der Waals surface area contributed by atoms with E-state index in [0.29, 0.717) is 17.9 Å².